The molecular weight excluding hydrogens is 259 g/mol. The van der Waals surface area contributed by atoms with Gasteiger partial charge >= 0.3 is 8.03 Å². The van der Waals surface area contributed by atoms with Crippen molar-refractivity contribution in [3.8, 4) is 5.75 Å². The maximum atomic E-state index is 12.4. The molecule has 2 aromatic rings. The molecule has 1 atom stereocenters. The van der Waals surface area contributed by atoms with Crippen LogP contribution in [0, 0.1) is 0 Å². The molecule has 0 bridgehead atoms. The third-order valence-corrected chi connectivity index (χ3v) is 3.54. The summed E-state index contributed by atoms with van der Waals surface area (Å²) in [5.74, 6) is 0.245. The Labute approximate surface area is 113 Å². The van der Waals surface area contributed by atoms with Gasteiger partial charge in [-0.15, -0.1) is 0 Å². The van der Waals surface area contributed by atoms with Gasteiger partial charge in [-0.1, -0.05) is 42.5 Å². The zero-order valence-electron chi connectivity index (χ0n) is 10.6. The van der Waals surface area contributed by atoms with E-state index < -0.39 is 8.03 Å². The Kier molecular flexibility index (Phi) is 4.43. The molecule has 0 aliphatic heterocycles. The summed E-state index contributed by atoms with van der Waals surface area (Å²) in [5.41, 5.74) is 1.02. The molecule has 0 fully saturated rings. The lowest BCUT2D eigenvalue weighted by Gasteiger charge is -2.03. The highest BCUT2D eigenvalue weighted by atomic mass is 31.1. The van der Waals surface area contributed by atoms with Gasteiger partial charge in [0.2, 0.25) is 0 Å². The summed E-state index contributed by atoms with van der Waals surface area (Å²) in [7, 11) is -1.77. The van der Waals surface area contributed by atoms with Crippen molar-refractivity contribution in [3.05, 3.63) is 65.7 Å². The first-order valence-corrected chi connectivity index (χ1v) is 7.40. The first kappa shape index (κ1) is 13.4. The number of ketones is 1. The quantitative estimate of drug-likeness (QED) is 0.609. The van der Waals surface area contributed by atoms with Gasteiger partial charge in [-0.05, 0) is 23.6 Å². The first-order valence-electron chi connectivity index (χ1n) is 6.03. The van der Waals surface area contributed by atoms with Crippen LogP contribution >= 0.6 is 8.03 Å². The van der Waals surface area contributed by atoms with Crippen LogP contribution in [0.15, 0.2) is 54.6 Å². The molecule has 96 valence electrons. The molecule has 0 saturated carbocycles. The Morgan fingerprint density at radius 3 is 2.37 bits per heavy atom. The Morgan fingerprint density at radius 2 is 1.68 bits per heavy atom. The summed E-state index contributed by atoms with van der Waals surface area (Å²) in [6.45, 7) is 1.78. The molecule has 0 amide bonds. The maximum Gasteiger partial charge on any atom is 0.555 e. The average molecular weight is 273 g/mol. The SMILES string of the molecule is CC[P+](=O)Oc1ccccc1C(=O)c1ccccc1. The van der Waals surface area contributed by atoms with E-state index in [1.807, 2.05) is 18.2 Å². The predicted octanol–water partition coefficient (Wildman–Crippen LogP) is 4.06. The van der Waals surface area contributed by atoms with Gasteiger partial charge in [0.25, 0.3) is 0 Å². The van der Waals surface area contributed by atoms with Crippen molar-refractivity contribution in [2.75, 3.05) is 6.16 Å². The van der Waals surface area contributed by atoms with E-state index in [1.165, 1.54) is 0 Å². The van der Waals surface area contributed by atoms with Crippen molar-refractivity contribution >= 4 is 13.8 Å². The van der Waals surface area contributed by atoms with Crippen molar-refractivity contribution < 1.29 is 13.9 Å². The summed E-state index contributed by atoms with van der Waals surface area (Å²) in [6, 6.07) is 15.8. The molecule has 19 heavy (non-hydrogen) atoms. The lowest BCUT2D eigenvalue weighted by Crippen LogP contribution is -2.03. The van der Waals surface area contributed by atoms with Gasteiger partial charge in [-0.2, -0.15) is 0 Å². The number of carbonyl (C=O) groups excluding carboxylic acids is 1. The fourth-order valence-electron chi connectivity index (χ4n) is 1.65. The van der Waals surface area contributed by atoms with E-state index in [0.717, 1.165) is 0 Å². The second kappa shape index (κ2) is 6.26. The molecule has 0 aliphatic rings. The average Bonchev–Trinajstić information content (AvgIpc) is 2.48. The van der Waals surface area contributed by atoms with Gasteiger partial charge in [0.15, 0.2) is 17.7 Å². The van der Waals surface area contributed by atoms with E-state index in [9.17, 15) is 9.36 Å². The topological polar surface area (TPSA) is 43.4 Å². The second-order valence-electron chi connectivity index (χ2n) is 3.93. The van der Waals surface area contributed by atoms with E-state index in [2.05, 4.69) is 0 Å². The van der Waals surface area contributed by atoms with Crippen molar-refractivity contribution in [2.24, 2.45) is 0 Å². The summed E-state index contributed by atoms with van der Waals surface area (Å²) in [6.07, 6.45) is 0.420. The summed E-state index contributed by atoms with van der Waals surface area (Å²) >= 11 is 0. The molecule has 0 radical (unpaired) electrons. The van der Waals surface area contributed by atoms with Gasteiger partial charge in [0, 0.05) is 5.56 Å². The van der Waals surface area contributed by atoms with Crippen LogP contribution in [0.1, 0.15) is 22.8 Å². The number of hydrogen-bond acceptors (Lipinski definition) is 3. The first-order chi connectivity index (χ1) is 9.22. The highest BCUT2D eigenvalue weighted by Crippen LogP contribution is 2.30. The molecule has 2 rings (SSSR count). The summed E-state index contributed by atoms with van der Waals surface area (Å²) < 4.78 is 16.8. The van der Waals surface area contributed by atoms with E-state index in [-0.39, 0.29) is 5.78 Å². The molecule has 0 aromatic heterocycles. The van der Waals surface area contributed by atoms with Gasteiger partial charge in [0.1, 0.15) is 0 Å². The van der Waals surface area contributed by atoms with Crippen LogP contribution in [-0.2, 0) is 4.57 Å². The molecule has 0 N–H and O–H groups in total. The number of carbonyl (C=O) groups is 1. The monoisotopic (exact) mass is 273 g/mol. The largest absolute Gasteiger partial charge is 0.555 e. The van der Waals surface area contributed by atoms with Gasteiger partial charge in [-0.3, -0.25) is 9.32 Å². The van der Waals surface area contributed by atoms with Crippen LogP contribution in [-0.4, -0.2) is 11.9 Å². The molecule has 1 unspecified atom stereocenters. The standard InChI is InChI=1S/C15H14O3P/c1-2-19(17)18-14-11-7-6-10-13(14)15(16)12-8-4-3-5-9-12/h3-11H,2H2,1H3/q+1. The second-order valence-corrected chi connectivity index (χ2v) is 5.41. The highest BCUT2D eigenvalue weighted by molar-refractivity contribution is 7.39. The van der Waals surface area contributed by atoms with Crippen LogP contribution < -0.4 is 4.52 Å². The third-order valence-electron chi connectivity index (χ3n) is 2.63. The molecule has 0 saturated heterocycles. The lowest BCUT2D eigenvalue weighted by molar-refractivity contribution is 0.103. The van der Waals surface area contributed by atoms with Crippen LogP contribution in [0.4, 0.5) is 0 Å². The minimum Gasteiger partial charge on any atom is -0.288 e. The minimum absolute atomic E-state index is 0.129. The normalized spacial score (nSPS) is 10.9. The number of benzene rings is 2. The Morgan fingerprint density at radius 1 is 1.05 bits per heavy atom. The molecule has 0 heterocycles. The van der Waals surface area contributed by atoms with Crippen molar-refractivity contribution in [1.29, 1.82) is 0 Å². The number of para-hydroxylation sites is 1. The molecule has 0 spiro atoms. The maximum absolute atomic E-state index is 12.4. The van der Waals surface area contributed by atoms with Crippen LogP contribution in [0.3, 0.4) is 0 Å². The molecule has 0 aliphatic carbocycles. The van der Waals surface area contributed by atoms with Crippen LogP contribution in [0.2, 0.25) is 0 Å². The lowest BCUT2D eigenvalue weighted by atomic mass is 10.0. The van der Waals surface area contributed by atoms with E-state index in [0.29, 0.717) is 23.0 Å². The van der Waals surface area contributed by atoms with E-state index in [4.69, 9.17) is 4.52 Å². The van der Waals surface area contributed by atoms with Gasteiger partial charge in [-0.25, -0.2) is 0 Å². The van der Waals surface area contributed by atoms with Crippen molar-refractivity contribution in [1.82, 2.24) is 0 Å². The minimum atomic E-state index is -1.77. The number of hydrogen-bond donors (Lipinski definition) is 0. The molecule has 4 heteroatoms. The third kappa shape index (κ3) is 3.27. The Bertz CT molecular complexity index is 593. The fourth-order valence-corrected chi connectivity index (χ4v) is 2.16. The smallest absolute Gasteiger partial charge is 0.288 e. The molecule has 2 aromatic carbocycles. The zero-order chi connectivity index (χ0) is 13.7. The van der Waals surface area contributed by atoms with Crippen molar-refractivity contribution in [3.63, 3.8) is 0 Å². The summed E-state index contributed by atoms with van der Waals surface area (Å²) in [5, 5.41) is 0. The van der Waals surface area contributed by atoms with Gasteiger partial charge < -0.3 is 0 Å². The van der Waals surface area contributed by atoms with Crippen LogP contribution in [0.5, 0.6) is 5.75 Å². The van der Waals surface area contributed by atoms with Gasteiger partial charge in [0.05, 0.1) is 5.56 Å². The van der Waals surface area contributed by atoms with E-state index >= 15 is 0 Å². The van der Waals surface area contributed by atoms with Crippen molar-refractivity contribution in [2.45, 2.75) is 6.92 Å². The van der Waals surface area contributed by atoms with Crippen LogP contribution in [0.25, 0.3) is 0 Å². The number of rotatable bonds is 5. The molecular formula is C15H14O3P+. The fraction of sp³-hybridized carbons (Fsp3) is 0.133. The highest BCUT2D eigenvalue weighted by Gasteiger charge is 2.21. The predicted molar refractivity (Wildman–Crippen MR) is 75.1 cm³/mol. The zero-order valence-corrected chi connectivity index (χ0v) is 11.5. The Hall–Kier alpha value is -1.99. The summed E-state index contributed by atoms with van der Waals surface area (Å²) in [4.78, 5) is 12.4. The Balaban J connectivity index is 2.35. The molecule has 3 nitrogen and oxygen atoms in total. The van der Waals surface area contributed by atoms with E-state index in [1.54, 1.807) is 43.3 Å².